The Morgan fingerprint density at radius 2 is 1.37 bits per heavy atom. The molecule has 24 heteroatoms. The number of carbonyl (C=O) groups is 9. The molecule has 0 aliphatic carbocycles. The number of imidazole rings is 1. The lowest BCUT2D eigenvalue weighted by Gasteiger charge is -2.27. The second-order valence-corrected chi connectivity index (χ2v) is 11.4. The molecule has 0 saturated carbocycles. The van der Waals surface area contributed by atoms with Crippen molar-refractivity contribution < 1.29 is 68.7 Å². The average molecular weight is 745 g/mol. The Balaban J connectivity index is 3.16. The number of nitrogens with two attached hydrogens (primary N) is 2. The van der Waals surface area contributed by atoms with Crippen LogP contribution in [0, 0.1) is 0 Å². The fraction of sp³-hybridized carbons (Fsp3) is 0.571. The maximum absolute atomic E-state index is 13.4. The van der Waals surface area contributed by atoms with Gasteiger partial charge in [0.1, 0.15) is 36.3 Å². The molecule has 1 rings (SSSR count). The first kappa shape index (κ1) is 44.3. The van der Waals surface area contributed by atoms with Gasteiger partial charge < -0.3 is 73.9 Å². The lowest BCUT2D eigenvalue weighted by Crippen LogP contribution is -2.61. The summed E-state index contributed by atoms with van der Waals surface area (Å²) in [5.74, 6) is -10.7. The molecular weight excluding hydrogens is 700 g/mol. The Hall–Kier alpha value is -5.72. The topological polar surface area (TPSA) is 408 Å². The van der Waals surface area contributed by atoms with Gasteiger partial charge in [-0.15, -0.1) is 0 Å². The smallest absolute Gasteiger partial charge is 0.326 e. The van der Waals surface area contributed by atoms with Gasteiger partial charge in [0.25, 0.3) is 0 Å². The molecule has 1 aromatic rings. The van der Waals surface area contributed by atoms with Crippen LogP contribution in [0.15, 0.2) is 12.5 Å². The zero-order chi connectivity index (χ0) is 39.7. The number of amides is 7. The lowest BCUT2D eigenvalue weighted by molar-refractivity contribution is -0.147. The molecule has 0 aliphatic rings. The first-order chi connectivity index (χ1) is 24.3. The molecule has 8 atom stereocenters. The second kappa shape index (κ2) is 21.5. The molecule has 0 spiro atoms. The number of aliphatic hydroxyl groups excluding tert-OH is 3. The highest BCUT2D eigenvalue weighted by molar-refractivity contribution is 5.97. The summed E-state index contributed by atoms with van der Waals surface area (Å²) in [7, 11) is 0. The van der Waals surface area contributed by atoms with E-state index in [0.717, 1.165) is 6.92 Å². The number of nitrogens with zero attached hydrogens (tertiary/aromatic N) is 1. The predicted molar refractivity (Wildman–Crippen MR) is 172 cm³/mol. The van der Waals surface area contributed by atoms with Gasteiger partial charge in [0, 0.05) is 24.7 Å². The average Bonchev–Trinajstić information content (AvgIpc) is 3.58. The van der Waals surface area contributed by atoms with Crippen LogP contribution >= 0.6 is 0 Å². The highest BCUT2D eigenvalue weighted by Gasteiger charge is 2.35. The summed E-state index contributed by atoms with van der Waals surface area (Å²) < 4.78 is 0. The van der Waals surface area contributed by atoms with Gasteiger partial charge in [-0.05, 0) is 20.3 Å². The summed E-state index contributed by atoms with van der Waals surface area (Å²) in [6, 6.07) is -10.1. The van der Waals surface area contributed by atoms with Crippen LogP contribution in [0.5, 0.6) is 0 Å². The summed E-state index contributed by atoms with van der Waals surface area (Å²) in [5.41, 5.74) is 10.9. The van der Waals surface area contributed by atoms with E-state index >= 15 is 0 Å². The molecule has 0 aromatic carbocycles. The molecule has 0 bridgehead atoms. The first-order valence-electron chi connectivity index (χ1n) is 15.5. The van der Waals surface area contributed by atoms with Crippen LogP contribution in [0.3, 0.4) is 0 Å². The molecule has 0 radical (unpaired) electrons. The van der Waals surface area contributed by atoms with Gasteiger partial charge in [0.2, 0.25) is 41.4 Å². The molecule has 52 heavy (non-hydrogen) atoms. The van der Waals surface area contributed by atoms with Crippen LogP contribution in [-0.4, -0.2) is 150 Å². The number of aromatic nitrogens is 2. The van der Waals surface area contributed by atoms with Gasteiger partial charge in [-0.3, -0.25) is 38.4 Å². The van der Waals surface area contributed by atoms with E-state index in [1.54, 1.807) is 0 Å². The van der Waals surface area contributed by atoms with E-state index in [2.05, 4.69) is 36.6 Å². The number of carbonyl (C=O) groups excluding carboxylic acids is 7. The molecular formula is C28H44N10O14. The number of hydrogen-bond donors (Lipinski definition) is 14. The van der Waals surface area contributed by atoms with Crippen LogP contribution in [0.4, 0.5) is 0 Å². The third-order valence-electron chi connectivity index (χ3n) is 7.06. The van der Waals surface area contributed by atoms with Crippen molar-refractivity contribution in [2.24, 2.45) is 11.5 Å². The number of aliphatic carboxylic acids is 2. The van der Waals surface area contributed by atoms with E-state index < -0.39 is 134 Å². The third-order valence-corrected chi connectivity index (χ3v) is 7.06. The van der Waals surface area contributed by atoms with Crippen molar-refractivity contribution in [1.82, 2.24) is 41.9 Å². The number of primary amides is 1. The minimum atomic E-state index is -1.90. The second-order valence-electron chi connectivity index (χ2n) is 11.4. The van der Waals surface area contributed by atoms with E-state index in [-0.39, 0.29) is 12.1 Å². The third kappa shape index (κ3) is 15.4. The molecule has 0 saturated heterocycles. The van der Waals surface area contributed by atoms with E-state index in [1.807, 2.05) is 5.32 Å². The summed E-state index contributed by atoms with van der Waals surface area (Å²) in [6.07, 6.45) is -2.75. The maximum atomic E-state index is 13.4. The SMILES string of the molecule is C[C@@H](O)[C@H](N)C(=O)NCC(=O)N[C@@H](CO)C(=O)N[C@H](C(=O)N[C@@H](CCC(N)=O)C(=O)N[C@@H](Cc1cnc[nH]1)C(=O)N[C@@H](CC(=O)O)C(=O)O)[C@@H](C)O. The molecule has 0 aliphatic heterocycles. The van der Waals surface area contributed by atoms with E-state index in [0.29, 0.717) is 0 Å². The molecule has 290 valence electrons. The number of nitrogens with one attached hydrogen (secondary N) is 7. The Morgan fingerprint density at radius 3 is 1.87 bits per heavy atom. The molecule has 16 N–H and O–H groups in total. The quantitative estimate of drug-likeness (QED) is 0.0495. The zero-order valence-corrected chi connectivity index (χ0v) is 28.0. The van der Waals surface area contributed by atoms with Crippen LogP contribution in [-0.2, 0) is 49.6 Å². The van der Waals surface area contributed by atoms with Crippen LogP contribution in [0.25, 0.3) is 0 Å². The Morgan fingerprint density at radius 1 is 0.788 bits per heavy atom. The molecule has 24 nitrogen and oxygen atoms in total. The van der Waals surface area contributed by atoms with Gasteiger partial charge in [-0.2, -0.15) is 0 Å². The van der Waals surface area contributed by atoms with E-state index in [1.165, 1.54) is 19.4 Å². The zero-order valence-electron chi connectivity index (χ0n) is 28.0. The van der Waals surface area contributed by atoms with Crippen molar-refractivity contribution >= 4 is 53.3 Å². The summed E-state index contributed by atoms with van der Waals surface area (Å²) in [6.45, 7) is 0.555. The molecule has 1 heterocycles. The number of H-pyrrole nitrogens is 1. The number of aromatic amines is 1. The highest BCUT2D eigenvalue weighted by atomic mass is 16.4. The fourth-order valence-electron chi connectivity index (χ4n) is 4.16. The Labute approximate surface area is 294 Å². The van der Waals surface area contributed by atoms with Gasteiger partial charge in [0.05, 0.1) is 38.1 Å². The Bertz CT molecular complexity index is 1440. The Kier molecular flexibility index (Phi) is 18.3. The van der Waals surface area contributed by atoms with Gasteiger partial charge in [-0.1, -0.05) is 0 Å². The molecule has 1 aromatic heterocycles. The lowest BCUT2D eigenvalue weighted by atomic mass is 10.1. The monoisotopic (exact) mass is 744 g/mol. The highest BCUT2D eigenvalue weighted by Crippen LogP contribution is 2.06. The summed E-state index contributed by atoms with van der Waals surface area (Å²) in [5, 5.41) is 60.5. The predicted octanol–water partition coefficient (Wildman–Crippen LogP) is -7.60. The largest absolute Gasteiger partial charge is 0.481 e. The minimum absolute atomic E-state index is 0.261. The normalized spacial score (nSPS) is 15.5. The van der Waals surface area contributed by atoms with Crippen LogP contribution in [0.1, 0.15) is 38.8 Å². The van der Waals surface area contributed by atoms with Crippen LogP contribution < -0.4 is 43.4 Å². The fourth-order valence-corrected chi connectivity index (χ4v) is 4.16. The number of hydrogen-bond acceptors (Lipinski definition) is 14. The van der Waals surface area contributed by atoms with Crippen molar-refractivity contribution in [2.75, 3.05) is 13.2 Å². The number of rotatable bonds is 23. The maximum Gasteiger partial charge on any atom is 0.326 e. The standard InChI is InChI=1S/C28H44N10O14/c1-11(40)21(30)26(49)32-8-19(43)34-17(9-39)25(48)38-22(12(2)41)27(50)35-14(3-4-18(29)42)23(46)36-15(5-13-7-31-10-33-13)24(47)37-16(28(51)52)6-20(44)45/h7,10-12,14-17,21-22,39-41H,3-6,8-9,30H2,1-2H3,(H2,29,42)(H,31,33)(H,32,49)(H,34,43)(H,35,50)(H,36,46)(H,37,47)(H,38,48)(H,44,45)(H,51,52)/t11-,12-,14+,15+,16+,17+,21+,22+/m1/s1. The van der Waals surface area contributed by atoms with Crippen molar-refractivity contribution in [1.29, 1.82) is 0 Å². The van der Waals surface area contributed by atoms with Crippen molar-refractivity contribution in [3.05, 3.63) is 18.2 Å². The van der Waals surface area contributed by atoms with Gasteiger partial charge in [-0.25, -0.2) is 9.78 Å². The number of carboxylic acids is 2. The molecule has 0 unspecified atom stereocenters. The number of carboxylic acid groups (broad SMARTS) is 2. The summed E-state index contributed by atoms with van der Waals surface area (Å²) >= 11 is 0. The van der Waals surface area contributed by atoms with Crippen molar-refractivity contribution in [3.63, 3.8) is 0 Å². The number of aliphatic hydroxyl groups is 3. The van der Waals surface area contributed by atoms with Gasteiger partial charge >= 0.3 is 11.9 Å². The first-order valence-corrected chi connectivity index (χ1v) is 15.5. The van der Waals surface area contributed by atoms with Crippen LogP contribution in [0.2, 0.25) is 0 Å². The van der Waals surface area contributed by atoms with Crippen molar-refractivity contribution in [3.8, 4) is 0 Å². The minimum Gasteiger partial charge on any atom is -0.481 e. The van der Waals surface area contributed by atoms with E-state index in [9.17, 15) is 63.6 Å². The van der Waals surface area contributed by atoms with Crippen molar-refractivity contribution in [2.45, 2.75) is 88.0 Å². The summed E-state index contributed by atoms with van der Waals surface area (Å²) in [4.78, 5) is 117. The molecule has 7 amide bonds. The van der Waals surface area contributed by atoms with Gasteiger partial charge in [0.15, 0.2) is 0 Å². The van der Waals surface area contributed by atoms with E-state index in [4.69, 9.17) is 16.6 Å². The molecule has 0 fully saturated rings.